The van der Waals surface area contributed by atoms with Gasteiger partial charge in [-0.1, -0.05) is 0 Å². The van der Waals surface area contributed by atoms with Crippen LogP contribution in [0.15, 0.2) is 18.3 Å². The zero-order chi connectivity index (χ0) is 14.5. The number of carboxylic acid groups (broad SMARTS) is 1. The molecule has 0 saturated carbocycles. The van der Waals surface area contributed by atoms with E-state index in [0.717, 1.165) is 19.4 Å². The SMILES string of the molecule is CN(CC1CCCOC1)C(=O)c1ccnc(C(=O)O)c1. The second kappa shape index (κ2) is 6.47. The van der Waals surface area contributed by atoms with Crippen LogP contribution in [-0.2, 0) is 4.74 Å². The molecule has 0 spiro atoms. The maximum Gasteiger partial charge on any atom is 0.354 e. The van der Waals surface area contributed by atoms with E-state index in [9.17, 15) is 9.59 Å². The largest absolute Gasteiger partial charge is 0.477 e. The summed E-state index contributed by atoms with van der Waals surface area (Å²) >= 11 is 0. The van der Waals surface area contributed by atoms with Crippen molar-refractivity contribution in [3.05, 3.63) is 29.6 Å². The van der Waals surface area contributed by atoms with Gasteiger partial charge in [0.1, 0.15) is 5.69 Å². The number of pyridine rings is 1. The Morgan fingerprint density at radius 2 is 2.35 bits per heavy atom. The summed E-state index contributed by atoms with van der Waals surface area (Å²) in [7, 11) is 1.72. The molecule has 0 aliphatic carbocycles. The smallest absolute Gasteiger partial charge is 0.354 e. The highest BCUT2D eigenvalue weighted by molar-refractivity contribution is 5.96. The van der Waals surface area contributed by atoms with E-state index in [4.69, 9.17) is 9.84 Å². The first-order chi connectivity index (χ1) is 9.58. The van der Waals surface area contributed by atoms with Crippen molar-refractivity contribution in [2.45, 2.75) is 12.8 Å². The van der Waals surface area contributed by atoms with E-state index in [-0.39, 0.29) is 11.6 Å². The van der Waals surface area contributed by atoms with Crippen LogP contribution in [0.1, 0.15) is 33.7 Å². The predicted octanol–water partition coefficient (Wildman–Crippen LogP) is 1.28. The monoisotopic (exact) mass is 278 g/mol. The molecule has 1 aliphatic heterocycles. The van der Waals surface area contributed by atoms with Gasteiger partial charge >= 0.3 is 5.97 Å². The Balaban J connectivity index is 2.02. The lowest BCUT2D eigenvalue weighted by molar-refractivity contribution is 0.0388. The van der Waals surface area contributed by atoms with Crippen molar-refractivity contribution < 1.29 is 19.4 Å². The van der Waals surface area contributed by atoms with Gasteiger partial charge in [-0.15, -0.1) is 0 Å². The Morgan fingerprint density at radius 1 is 1.55 bits per heavy atom. The van der Waals surface area contributed by atoms with E-state index in [0.29, 0.717) is 24.6 Å². The van der Waals surface area contributed by atoms with E-state index < -0.39 is 5.97 Å². The predicted molar refractivity (Wildman–Crippen MR) is 71.7 cm³/mol. The van der Waals surface area contributed by atoms with Crippen molar-refractivity contribution in [3.8, 4) is 0 Å². The van der Waals surface area contributed by atoms with Crippen LogP contribution in [0.25, 0.3) is 0 Å². The minimum Gasteiger partial charge on any atom is -0.477 e. The Kier molecular flexibility index (Phi) is 4.68. The van der Waals surface area contributed by atoms with Crippen LogP contribution in [-0.4, -0.2) is 53.7 Å². The number of carbonyl (C=O) groups excluding carboxylic acids is 1. The van der Waals surface area contributed by atoms with E-state index in [1.165, 1.54) is 18.3 Å². The Labute approximate surface area is 117 Å². The molecule has 0 aromatic carbocycles. The molecule has 20 heavy (non-hydrogen) atoms. The van der Waals surface area contributed by atoms with Crippen LogP contribution in [0.2, 0.25) is 0 Å². The molecule has 1 aromatic heterocycles. The number of ether oxygens (including phenoxy) is 1. The minimum absolute atomic E-state index is 0.120. The number of amides is 1. The Hall–Kier alpha value is -1.95. The second-order valence-electron chi connectivity index (χ2n) is 5.00. The standard InChI is InChI=1S/C14H18N2O4/c1-16(8-10-3-2-6-20-9-10)13(17)11-4-5-15-12(7-11)14(18)19/h4-5,7,10H,2-3,6,8-9H2,1H3,(H,18,19). The van der Waals surface area contributed by atoms with Crippen LogP contribution in [0.3, 0.4) is 0 Å². The van der Waals surface area contributed by atoms with Crippen molar-refractivity contribution in [3.63, 3.8) is 0 Å². The summed E-state index contributed by atoms with van der Waals surface area (Å²) < 4.78 is 5.39. The Morgan fingerprint density at radius 3 is 3.00 bits per heavy atom. The molecule has 6 nitrogen and oxygen atoms in total. The molecule has 0 radical (unpaired) electrons. The minimum atomic E-state index is -1.14. The van der Waals surface area contributed by atoms with Gasteiger partial charge in [0.2, 0.25) is 0 Å². The van der Waals surface area contributed by atoms with Crippen LogP contribution in [0.5, 0.6) is 0 Å². The third-order valence-electron chi connectivity index (χ3n) is 3.36. The molecule has 1 unspecified atom stereocenters. The molecule has 2 heterocycles. The van der Waals surface area contributed by atoms with Crippen LogP contribution < -0.4 is 0 Å². The molecule has 1 saturated heterocycles. The van der Waals surface area contributed by atoms with Crippen LogP contribution >= 0.6 is 0 Å². The average molecular weight is 278 g/mol. The number of nitrogens with zero attached hydrogens (tertiary/aromatic N) is 2. The van der Waals surface area contributed by atoms with E-state index in [1.54, 1.807) is 11.9 Å². The van der Waals surface area contributed by atoms with Gasteiger partial charge in [0.05, 0.1) is 6.61 Å². The quantitative estimate of drug-likeness (QED) is 0.897. The van der Waals surface area contributed by atoms with Crippen molar-refractivity contribution in [2.75, 3.05) is 26.8 Å². The first-order valence-corrected chi connectivity index (χ1v) is 6.60. The van der Waals surface area contributed by atoms with E-state index >= 15 is 0 Å². The lowest BCUT2D eigenvalue weighted by Gasteiger charge is -2.27. The fraction of sp³-hybridized carbons (Fsp3) is 0.500. The molecule has 1 amide bonds. The van der Waals surface area contributed by atoms with Crippen LogP contribution in [0, 0.1) is 5.92 Å². The van der Waals surface area contributed by atoms with E-state index in [2.05, 4.69) is 4.98 Å². The number of hydrogen-bond acceptors (Lipinski definition) is 4. The van der Waals surface area contributed by atoms with Gasteiger partial charge in [-0.25, -0.2) is 9.78 Å². The van der Waals surface area contributed by atoms with E-state index in [1.807, 2.05) is 0 Å². The molecular formula is C14H18N2O4. The van der Waals surface area contributed by atoms with Gasteiger partial charge in [0.25, 0.3) is 5.91 Å². The summed E-state index contributed by atoms with van der Waals surface area (Å²) in [5.41, 5.74) is 0.224. The first kappa shape index (κ1) is 14.5. The number of carbonyl (C=O) groups is 2. The molecule has 1 fully saturated rings. The van der Waals surface area contributed by atoms with Crippen molar-refractivity contribution >= 4 is 11.9 Å². The number of hydrogen-bond donors (Lipinski definition) is 1. The van der Waals surface area contributed by atoms with Crippen LogP contribution in [0.4, 0.5) is 0 Å². The zero-order valence-electron chi connectivity index (χ0n) is 11.4. The van der Waals surface area contributed by atoms with Gasteiger partial charge in [0.15, 0.2) is 0 Å². The normalized spacial score (nSPS) is 18.6. The summed E-state index contributed by atoms with van der Waals surface area (Å²) in [6.07, 6.45) is 3.41. The number of aromatic carboxylic acids is 1. The number of aromatic nitrogens is 1. The average Bonchev–Trinajstić information content (AvgIpc) is 2.47. The number of carboxylic acids is 1. The summed E-state index contributed by atoms with van der Waals surface area (Å²) in [6.45, 7) is 2.08. The first-order valence-electron chi connectivity index (χ1n) is 6.60. The van der Waals surface area contributed by atoms with Crippen molar-refractivity contribution in [1.29, 1.82) is 0 Å². The molecule has 1 aliphatic rings. The maximum atomic E-state index is 12.3. The zero-order valence-corrected chi connectivity index (χ0v) is 11.4. The van der Waals surface area contributed by atoms with Crippen molar-refractivity contribution in [2.24, 2.45) is 5.92 Å². The summed E-state index contributed by atoms with van der Waals surface area (Å²) in [4.78, 5) is 28.4. The fourth-order valence-electron chi connectivity index (χ4n) is 2.32. The third kappa shape index (κ3) is 3.54. The highest BCUT2D eigenvalue weighted by atomic mass is 16.5. The summed E-state index contributed by atoms with van der Waals surface area (Å²) in [5.74, 6) is -0.984. The Bertz CT molecular complexity index is 498. The lowest BCUT2D eigenvalue weighted by Crippen LogP contribution is -2.35. The number of rotatable bonds is 4. The van der Waals surface area contributed by atoms with Gasteiger partial charge in [0, 0.05) is 32.0 Å². The summed E-state index contributed by atoms with van der Waals surface area (Å²) in [5, 5.41) is 8.89. The molecule has 1 atom stereocenters. The van der Waals surface area contributed by atoms with Crippen molar-refractivity contribution in [1.82, 2.24) is 9.88 Å². The molecule has 2 rings (SSSR count). The molecule has 108 valence electrons. The second-order valence-corrected chi connectivity index (χ2v) is 5.00. The fourth-order valence-corrected chi connectivity index (χ4v) is 2.32. The van der Waals surface area contributed by atoms with Gasteiger partial charge in [-0.2, -0.15) is 0 Å². The molecule has 0 bridgehead atoms. The van der Waals surface area contributed by atoms with Gasteiger partial charge in [-0.05, 0) is 30.9 Å². The third-order valence-corrected chi connectivity index (χ3v) is 3.36. The topological polar surface area (TPSA) is 79.7 Å². The highest BCUT2D eigenvalue weighted by Gasteiger charge is 2.20. The molecule has 1 N–H and O–H groups in total. The summed E-state index contributed by atoms with van der Waals surface area (Å²) in [6, 6.07) is 2.83. The van der Waals surface area contributed by atoms with Gasteiger partial charge in [-0.3, -0.25) is 4.79 Å². The highest BCUT2D eigenvalue weighted by Crippen LogP contribution is 2.15. The van der Waals surface area contributed by atoms with Gasteiger partial charge < -0.3 is 14.7 Å². The lowest BCUT2D eigenvalue weighted by atomic mass is 10.0. The molecular weight excluding hydrogens is 260 g/mol. The maximum absolute atomic E-state index is 12.3. The molecule has 1 aromatic rings. The molecule has 6 heteroatoms.